The summed E-state index contributed by atoms with van der Waals surface area (Å²) in [6.45, 7) is 15.3. The summed E-state index contributed by atoms with van der Waals surface area (Å²) in [4.78, 5) is 22.7. The number of aromatic nitrogens is 2. The molecule has 0 N–H and O–H groups in total. The fourth-order valence-corrected chi connectivity index (χ4v) is 9.97. The summed E-state index contributed by atoms with van der Waals surface area (Å²) in [6, 6.07) is 69.0. The van der Waals surface area contributed by atoms with Crippen molar-refractivity contribution >= 4 is 51.2 Å². The molecule has 0 amide bonds. The van der Waals surface area contributed by atoms with Crippen molar-refractivity contribution in [3.05, 3.63) is 220 Å². The van der Waals surface area contributed by atoms with Gasteiger partial charge in [-0.15, -0.1) is 64.3 Å². The maximum atomic E-state index is 6.36. The van der Waals surface area contributed by atoms with Gasteiger partial charge in [0, 0.05) is 92.8 Å². The number of hydrogen-bond donors (Lipinski definition) is 0. The van der Waals surface area contributed by atoms with Crippen molar-refractivity contribution in [2.24, 2.45) is 0 Å². The molecule has 8 aromatic rings. The van der Waals surface area contributed by atoms with E-state index in [1.807, 2.05) is 42.5 Å². The third-order valence-electron chi connectivity index (χ3n) is 13.7. The van der Waals surface area contributed by atoms with Crippen LogP contribution in [0.1, 0.15) is 71.3 Å². The van der Waals surface area contributed by atoms with Gasteiger partial charge in [0.2, 0.25) is 0 Å². The molecule has 0 saturated heterocycles. The molecule has 1 fully saturated rings. The Morgan fingerprint density at radius 3 is 1.61 bits per heavy atom. The fraction of sp³-hybridized carbons (Fsp3) is 0.222. The average molecular weight is 1330 g/mol. The van der Waals surface area contributed by atoms with Crippen molar-refractivity contribution in [1.29, 1.82) is 0 Å². The molecule has 0 atom stereocenters. The Balaban J connectivity index is 0.000000178. The maximum Gasteiger partial charge on any atom is 0.0326 e. The van der Waals surface area contributed by atoms with Crippen molar-refractivity contribution in [1.82, 2.24) is 9.97 Å². The number of fused-ring (bicyclic) bond motifs is 3. The molecule has 0 unspecified atom stereocenters. The smallest absolute Gasteiger partial charge is 0.0326 e. The fourth-order valence-electron chi connectivity index (χ4n) is 9.97. The van der Waals surface area contributed by atoms with Gasteiger partial charge in [0.05, 0.1) is 0 Å². The first kappa shape index (κ1) is 52.4. The normalized spacial score (nSPS) is 14.9. The quantitative estimate of drug-likeness (QED) is 0.0879. The third-order valence-corrected chi connectivity index (χ3v) is 13.7. The molecule has 383 valence electrons. The van der Waals surface area contributed by atoms with E-state index in [2.05, 4.69) is 220 Å². The minimum absolute atomic E-state index is 0. The van der Waals surface area contributed by atoms with Crippen LogP contribution >= 0.6 is 0 Å². The van der Waals surface area contributed by atoms with Gasteiger partial charge < -0.3 is 44.1 Å². The second-order valence-electron chi connectivity index (χ2n) is 19.6. The number of para-hydroxylation sites is 8. The molecular weight excluding hydrogens is 1270 g/mol. The van der Waals surface area contributed by atoms with Crippen LogP contribution in [0.4, 0.5) is 51.2 Å². The molecule has 1 radical (unpaired) electrons. The minimum Gasteiger partial charge on any atom is -0.510 e. The molecule has 4 aliphatic rings. The van der Waals surface area contributed by atoms with E-state index >= 15 is 0 Å². The van der Waals surface area contributed by atoms with E-state index in [9.17, 15) is 0 Å². The van der Waals surface area contributed by atoms with E-state index in [1.165, 1.54) is 71.8 Å². The summed E-state index contributed by atoms with van der Waals surface area (Å²) in [6.07, 6.45) is 12.0. The van der Waals surface area contributed by atoms with Crippen LogP contribution in [-0.2, 0) is 46.6 Å². The summed E-state index contributed by atoms with van der Waals surface area (Å²) < 4.78 is 6.36. The molecule has 2 aromatic heterocycles. The molecule has 0 bridgehead atoms. The Morgan fingerprint density at radius 1 is 0.527 bits per heavy atom. The second-order valence-corrected chi connectivity index (χ2v) is 19.6. The zero-order chi connectivity index (χ0) is 48.9. The summed E-state index contributed by atoms with van der Waals surface area (Å²) in [7, 11) is 0. The van der Waals surface area contributed by atoms with E-state index in [1.54, 1.807) is 12.4 Å². The van der Waals surface area contributed by atoms with Crippen molar-refractivity contribution in [2.75, 3.05) is 42.5 Å². The topological polar surface area (TPSA) is 54.5 Å². The molecule has 1 aliphatic carbocycles. The molecule has 12 rings (SSSR count). The Bertz CT molecular complexity index is 2980. The van der Waals surface area contributed by atoms with E-state index in [0.29, 0.717) is 28.9 Å². The van der Waals surface area contributed by atoms with Crippen LogP contribution in [0, 0.1) is 50.3 Å². The second kappa shape index (κ2) is 23.8. The van der Waals surface area contributed by atoms with Gasteiger partial charge >= 0.3 is 0 Å². The number of benzene rings is 6. The Hall–Kier alpha value is -6.44. The zero-order valence-electron chi connectivity index (χ0n) is 41.9. The summed E-state index contributed by atoms with van der Waals surface area (Å²) >= 11 is 0. The van der Waals surface area contributed by atoms with Crippen molar-refractivity contribution in [3.8, 4) is 22.9 Å². The van der Waals surface area contributed by atoms with Gasteiger partial charge in [-0.25, -0.2) is 6.07 Å². The van der Waals surface area contributed by atoms with Crippen LogP contribution in [0.5, 0.6) is 11.5 Å². The Morgan fingerprint density at radius 2 is 1.05 bits per heavy atom. The van der Waals surface area contributed by atoms with E-state index in [0.717, 1.165) is 43.0 Å². The Labute approximate surface area is 466 Å². The minimum atomic E-state index is -0.0692. The first-order valence-corrected chi connectivity index (χ1v) is 25.3. The third kappa shape index (κ3) is 11.6. The number of nitrogens with zero attached hydrogens (tertiary/aromatic N) is 8. The molecule has 74 heavy (non-hydrogen) atoms. The summed E-state index contributed by atoms with van der Waals surface area (Å²) in [5.74, 6) is 1.21. The molecule has 5 heterocycles. The number of unbranched alkanes of at least 4 members (excludes halogenated alkanes) is 1. The van der Waals surface area contributed by atoms with Gasteiger partial charge in [0.1, 0.15) is 0 Å². The van der Waals surface area contributed by atoms with E-state index < -0.39 is 0 Å². The van der Waals surface area contributed by atoms with E-state index in [-0.39, 0.29) is 46.6 Å². The molecule has 1 saturated carbocycles. The van der Waals surface area contributed by atoms with Crippen LogP contribution in [0.2, 0.25) is 0 Å². The van der Waals surface area contributed by atoms with Crippen molar-refractivity contribution in [3.63, 3.8) is 0 Å². The predicted octanol–water partition coefficient (Wildman–Crippen LogP) is 15.0. The van der Waals surface area contributed by atoms with Crippen LogP contribution in [-0.4, -0.2) is 29.1 Å². The SMILES string of the molecule is CC(C)(C)c1cc(Oc2[c-]c(-c3[c-]cccn3)ncc2)[c-]c(N2[CH-]N(C3CCCCC3)c3ccccc32)c1.[Ir].[Pt].[c-]1ccccc1N1[CH-]N(CCCCN2[CH-]N(c3[c-]cccc3)c3ccccc32)c2ccccc21. The number of ether oxygens (including phenoxy) is 1. The largest absolute Gasteiger partial charge is 0.510 e. The molecule has 11 heteroatoms. The number of anilines is 9. The predicted molar refractivity (Wildman–Crippen MR) is 292 cm³/mol. The van der Waals surface area contributed by atoms with Gasteiger partial charge in [-0.2, -0.15) is 92.8 Å². The number of rotatable bonds is 12. The van der Waals surface area contributed by atoms with Gasteiger partial charge in [-0.05, 0) is 93.0 Å². The molecule has 6 aromatic carbocycles. The van der Waals surface area contributed by atoms with Gasteiger partial charge in [-0.3, -0.25) is 0 Å². The monoisotopic (exact) mass is 1330 g/mol. The standard InChI is InChI=1S/C33H32N4O.C30H26N4.Ir.Pt/c1-33(2,3)24-19-26(37-23-36(25-11-5-4-6-12-25)31-14-7-8-15-32(31)37)21-28(20-24)38-27-16-18-35-30(22-27)29-13-9-10-17-34-29;1-3-13-25(14-4-1)33-23-31(27-17-7-9-19-29(27)33)21-11-12-22-32-24-34(26-15-5-2-6-16-26)30-20-10-8-18-28(30)32;;/h7-10,14-20,23,25H,4-6,11-12H2,1-3H3;1-10,13,15,17-20,23-24H,11-12,21-22H2;;/q2*-4;;. The van der Waals surface area contributed by atoms with Crippen molar-refractivity contribution in [2.45, 2.75) is 77.2 Å². The molecular formula is C63H58IrN8OPt-8. The first-order chi connectivity index (χ1) is 35.3. The zero-order valence-corrected chi connectivity index (χ0v) is 46.6. The first-order valence-electron chi connectivity index (χ1n) is 25.3. The number of pyridine rings is 2. The van der Waals surface area contributed by atoms with E-state index in [4.69, 9.17) is 4.74 Å². The molecule has 3 aliphatic heterocycles. The number of hydrogen-bond acceptors (Lipinski definition) is 9. The van der Waals surface area contributed by atoms with Crippen LogP contribution in [0.15, 0.2) is 164 Å². The van der Waals surface area contributed by atoms with Gasteiger partial charge in [0.15, 0.2) is 0 Å². The average Bonchev–Trinajstić information content (AvgIpc) is 4.13. The van der Waals surface area contributed by atoms with Crippen LogP contribution in [0.3, 0.4) is 0 Å². The Kier molecular flexibility index (Phi) is 16.9. The van der Waals surface area contributed by atoms with Crippen molar-refractivity contribution < 1.29 is 45.9 Å². The van der Waals surface area contributed by atoms with Crippen LogP contribution in [0.25, 0.3) is 11.4 Å². The molecule has 9 nitrogen and oxygen atoms in total. The summed E-state index contributed by atoms with van der Waals surface area (Å²) in [5.41, 5.74) is 12.8. The van der Waals surface area contributed by atoms with Gasteiger partial charge in [0.25, 0.3) is 0 Å². The summed E-state index contributed by atoms with van der Waals surface area (Å²) in [5, 5.41) is 0. The maximum absolute atomic E-state index is 6.36. The van der Waals surface area contributed by atoms with Gasteiger partial charge in [-0.1, -0.05) is 76.4 Å². The molecule has 0 spiro atoms. The van der Waals surface area contributed by atoms with Crippen LogP contribution < -0.4 is 34.1 Å².